The van der Waals surface area contributed by atoms with Crippen LogP contribution < -0.4 is 5.32 Å². The van der Waals surface area contributed by atoms with Crippen molar-refractivity contribution in [1.29, 1.82) is 0 Å². The highest BCUT2D eigenvalue weighted by atomic mass is 35.5. The molecular weight excluding hydrogens is 240 g/mol. The van der Waals surface area contributed by atoms with Crippen LogP contribution in [0.4, 0.5) is 0 Å². The molecule has 1 rings (SSSR count). The molecule has 96 valence electrons. The van der Waals surface area contributed by atoms with Crippen LogP contribution in [0.2, 0.25) is 0 Å². The Hall–Kier alpha value is -1.03. The lowest BCUT2D eigenvalue weighted by Crippen LogP contribution is -2.49. The third-order valence-corrected chi connectivity index (χ3v) is 3.11. The second kappa shape index (κ2) is 6.05. The average Bonchev–Trinajstić information content (AvgIpc) is 2.34. The van der Waals surface area contributed by atoms with Crippen molar-refractivity contribution in [2.24, 2.45) is 5.92 Å². The van der Waals surface area contributed by atoms with Crippen LogP contribution in [0, 0.1) is 5.92 Å². The van der Waals surface area contributed by atoms with Crippen LogP contribution in [-0.4, -0.2) is 35.3 Å². The van der Waals surface area contributed by atoms with Crippen molar-refractivity contribution in [3.63, 3.8) is 0 Å². The molecule has 0 aromatic rings. The highest BCUT2D eigenvalue weighted by Crippen LogP contribution is 2.15. The van der Waals surface area contributed by atoms with Gasteiger partial charge in [-0.3, -0.25) is 9.59 Å². The van der Waals surface area contributed by atoms with E-state index in [1.807, 2.05) is 20.8 Å². The van der Waals surface area contributed by atoms with Gasteiger partial charge in [0.2, 0.25) is 11.8 Å². The second-order valence-electron chi connectivity index (χ2n) is 4.69. The lowest BCUT2D eigenvalue weighted by Gasteiger charge is -2.28. The summed E-state index contributed by atoms with van der Waals surface area (Å²) in [4.78, 5) is 25.6. The predicted molar refractivity (Wildman–Crippen MR) is 67.6 cm³/mol. The highest BCUT2D eigenvalue weighted by molar-refractivity contribution is 6.25. The summed E-state index contributed by atoms with van der Waals surface area (Å²) in [5.74, 6) is -0.0192. The summed E-state index contributed by atoms with van der Waals surface area (Å²) in [6.45, 7) is 6.17. The molecule has 0 bridgehead atoms. The van der Waals surface area contributed by atoms with E-state index in [2.05, 4.69) is 5.32 Å². The van der Waals surface area contributed by atoms with Gasteiger partial charge in [0.15, 0.2) is 0 Å². The summed E-state index contributed by atoms with van der Waals surface area (Å²) in [6.07, 6.45) is 2.05. The number of halogens is 1. The molecule has 0 aromatic heterocycles. The van der Waals surface area contributed by atoms with E-state index < -0.39 is 6.04 Å². The van der Waals surface area contributed by atoms with Crippen LogP contribution in [0.3, 0.4) is 0 Å². The number of rotatable bonds is 3. The first-order chi connectivity index (χ1) is 7.97. The van der Waals surface area contributed by atoms with Gasteiger partial charge in [0, 0.05) is 24.5 Å². The number of nitrogens with one attached hydrogen (secondary N) is 1. The maximum atomic E-state index is 12.3. The minimum atomic E-state index is -0.434. The van der Waals surface area contributed by atoms with E-state index in [0.29, 0.717) is 13.0 Å². The van der Waals surface area contributed by atoms with Gasteiger partial charge in [-0.2, -0.15) is 0 Å². The molecule has 1 heterocycles. The molecule has 0 spiro atoms. The molecule has 0 saturated carbocycles. The minimum Gasteiger partial charge on any atom is -0.344 e. The van der Waals surface area contributed by atoms with Crippen LogP contribution in [-0.2, 0) is 9.59 Å². The predicted octanol–water partition coefficient (Wildman–Crippen LogP) is 1.50. The van der Waals surface area contributed by atoms with E-state index in [-0.39, 0.29) is 23.8 Å². The van der Waals surface area contributed by atoms with Crippen molar-refractivity contribution in [3.8, 4) is 0 Å². The quantitative estimate of drug-likeness (QED) is 0.834. The van der Waals surface area contributed by atoms with E-state index in [9.17, 15) is 9.59 Å². The molecular formula is C12H19ClN2O2. The van der Waals surface area contributed by atoms with E-state index >= 15 is 0 Å². The van der Waals surface area contributed by atoms with Crippen molar-refractivity contribution in [3.05, 3.63) is 11.6 Å². The fourth-order valence-corrected chi connectivity index (χ4v) is 2.02. The van der Waals surface area contributed by atoms with Gasteiger partial charge < -0.3 is 10.2 Å². The molecule has 1 aliphatic rings. The Labute approximate surface area is 107 Å². The zero-order chi connectivity index (χ0) is 13.0. The summed E-state index contributed by atoms with van der Waals surface area (Å²) >= 11 is 5.48. The maximum Gasteiger partial charge on any atom is 0.245 e. The molecule has 1 aliphatic heterocycles. The first kappa shape index (κ1) is 14.0. The third-order valence-electron chi connectivity index (χ3n) is 2.94. The van der Waals surface area contributed by atoms with Crippen LogP contribution in [0.25, 0.3) is 0 Å². The Morgan fingerprint density at radius 1 is 1.53 bits per heavy atom. The molecule has 5 heteroatoms. The first-order valence-electron chi connectivity index (χ1n) is 5.82. The Kier molecular flexibility index (Phi) is 5.00. The van der Waals surface area contributed by atoms with Gasteiger partial charge in [0.05, 0.1) is 0 Å². The zero-order valence-electron chi connectivity index (χ0n) is 10.4. The molecule has 2 atom stereocenters. The molecule has 2 amide bonds. The smallest absolute Gasteiger partial charge is 0.245 e. The van der Waals surface area contributed by atoms with E-state index in [1.165, 1.54) is 5.54 Å². The minimum absolute atomic E-state index is 0.0342. The Morgan fingerprint density at radius 3 is 2.71 bits per heavy atom. The summed E-state index contributed by atoms with van der Waals surface area (Å²) in [5, 5.41) is 2.78. The van der Waals surface area contributed by atoms with Gasteiger partial charge in [-0.05, 0) is 12.8 Å². The number of hydrogen-bond acceptors (Lipinski definition) is 2. The molecule has 1 saturated heterocycles. The van der Waals surface area contributed by atoms with Crippen molar-refractivity contribution >= 4 is 23.4 Å². The lowest BCUT2D eigenvalue weighted by atomic mass is 10.0. The van der Waals surface area contributed by atoms with E-state index in [1.54, 1.807) is 11.0 Å². The molecule has 0 aliphatic carbocycles. The van der Waals surface area contributed by atoms with Gasteiger partial charge in [-0.1, -0.05) is 31.5 Å². The van der Waals surface area contributed by atoms with E-state index in [4.69, 9.17) is 11.6 Å². The Balaban J connectivity index is 2.92. The first-order valence-corrected chi connectivity index (χ1v) is 6.26. The molecule has 0 aromatic carbocycles. The Morgan fingerprint density at radius 2 is 2.18 bits per heavy atom. The molecule has 1 N–H and O–H groups in total. The van der Waals surface area contributed by atoms with Crippen molar-refractivity contribution in [2.75, 3.05) is 6.54 Å². The van der Waals surface area contributed by atoms with Crippen molar-refractivity contribution in [2.45, 2.75) is 39.3 Å². The second-order valence-corrected chi connectivity index (χ2v) is 4.95. The number of nitrogens with zero attached hydrogens (tertiary/aromatic N) is 1. The SMILES string of the molecule is CC(C)C1NC(=O)CC(C)N(C/C=C/Cl)C1=O. The van der Waals surface area contributed by atoms with Gasteiger partial charge in [0.25, 0.3) is 0 Å². The van der Waals surface area contributed by atoms with Gasteiger partial charge >= 0.3 is 0 Å². The van der Waals surface area contributed by atoms with Crippen LogP contribution in [0.1, 0.15) is 27.2 Å². The van der Waals surface area contributed by atoms with E-state index in [0.717, 1.165) is 0 Å². The van der Waals surface area contributed by atoms with Gasteiger partial charge in [0.1, 0.15) is 6.04 Å². The summed E-state index contributed by atoms with van der Waals surface area (Å²) in [6, 6.07) is -0.532. The lowest BCUT2D eigenvalue weighted by molar-refractivity contribution is -0.135. The molecule has 2 unspecified atom stereocenters. The number of hydrogen-bond donors (Lipinski definition) is 1. The van der Waals surface area contributed by atoms with Crippen molar-refractivity contribution in [1.82, 2.24) is 10.2 Å². The maximum absolute atomic E-state index is 12.3. The van der Waals surface area contributed by atoms with Gasteiger partial charge in [-0.25, -0.2) is 0 Å². The van der Waals surface area contributed by atoms with Crippen LogP contribution >= 0.6 is 11.6 Å². The van der Waals surface area contributed by atoms with Crippen molar-refractivity contribution < 1.29 is 9.59 Å². The van der Waals surface area contributed by atoms with Crippen LogP contribution in [0.15, 0.2) is 11.6 Å². The number of amides is 2. The summed E-state index contributed by atoms with van der Waals surface area (Å²) < 4.78 is 0. The zero-order valence-corrected chi connectivity index (χ0v) is 11.2. The molecule has 1 fully saturated rings. The van der Waals surface area contributed by atoms with Crippen LogP contribution in [0.5, 0.6) is 0 Å². The molecule has 17 heavy (non-hydrogen) atoms. The number of carbonyl (C=O) groups excluding carboxylic acids is 2. The fourth-order valence-electron chi connectivity index (χ4n) is 1.94. The molecule has 4 nitrogen and oxygen atoms in total. The third kappa shape index (κ3) is 3.46. The fraction of sp³-hybridized carbons (Fsp3) is 0.667. The highest BCUT2D eigenvalue weighted by Gasteiger charge is 2.34. The normalized spacial score (nSPS) is 26.5. The summed E-state index contributed by atoms with van der Waals surface area (Å²) in [7, 11) is 0. The van der Waals surface area contributed by atoms with Gasteiger partial charge in [-0.15, -0.1) is 0 Å². The number of carbonyl (C=O) groups is 2. The largest absolute Gasteiger partial charge is 0.344 e. The topological polar surface area (TPSA) is 49.4 Å². The standard InChI is InChI=1S/C12H19ClN2O2/c1-8(2)11-12(17)15(6-4-5-13)9(3)7-10(16)14-11/h4-5,8-9,11H,6-7H2,1-3H3,(H,14,16)/b5-4+. The monoisotopic (exact) mass is 258 g/mol. The average molecular weight is 259 g/mol. The molecule has 0 radical (unpaired) electrons. The Bertz CT molecular complexity index is 328. The summed E-state index contributed by atoms with van der Waals surface area (Å²) in [5.41, 5.74) is 1.39.